The van der Waals surface area contributed by atoms with Gasteiger partial charge < -0.3 is 9.64 Å². The summed E-state index contributed by atoms with van der Waals surface area (Å²) >= 11 is 0. The Labute approximate surface area is 156 Å². The fourth-order valence-corrected chi connectivity index (χ4v) is 3.65. The topological polar surface area (TPSA) is 82.2 Å². The number of hydrogen-bond donors (Lipinski definition) is 0. The van der Waals surface area contributed by atoms with Gasteiger partial charge in [-0.05, 0) is 25.0 Å². The van der Waals surface area contributed by atoms with Gasteiger partial charge in [0.1, 0.15) is 5.56 Å². The molecule has 0 saturated carbocycles. The lowest BCUT2D eigenvalue weighted by Gasteiger charge is -2.33. The molecule has 1 aliphatic rings. The third kappa shape index (κ3) is 3.07. The zero-order valence-corrected chi connectivity index (χ0v) is 15.3. The van der Waals surface area contributed by atoms with Crippen LogP contribution in [0.15, 0.2) is 41.6 Å². The van der Waals surface area contributed by atoms with E-state index in [1.165, 1.54) is 7.11 Å². The molecule has 1 aliphatic heterocycles. The van der Waals surface area contributed by atoms with Crippen molar-refractivity contribution in [2.24, 2.45) is 7.05 Å². The van der Waals surface area contributed by atoms with Crippen LogP contribution in [0.3, 0.4) is 0 Å². The average molecular weight is 367 g/mol. The van der Waals surface area contributed by atoms with E-state index in [1.807, 2.05) is 18.2 Å². The summed E-state index contributed by atoms with van der Waals surface area (Å²) in [5, 5.41) is 4.75. The van der Waals surface area contributed by atoms with Crippen LogP contribution in [0.25, 0.3) is 10.9 Å². The molecular weight excluding hydrogens is 346 g/mol. The number of nitrogens with zero attached hydrogens (tertiary/aromatic N) is 5. The number of methoxy groups -OCH3 is 1. The second-order valence-corrected chi connectivity index (χ2v) is 6.75. The number of carbonyl (C=O) groups is 1. The van der Waals surface area contributed by atoms with Crippen LogP contribution in [0.5, 0.6) is 5.88 Å². The van der Waals surface area contributed by atoms with E-state index in [4.69, 9.17) is 4.74 Å². The number of piperidine rings is 1. The zero-order valence-electron chi connectivity index (χ0n) is 15.3. The Balaban J connectivity index is 1.62. The highest BCUT2D eigenvalue weighted by Crippen LogP contribution is 2.24. The lowest BCUT2D eigenvalue weighted by Crippen LogP contribution is -2.43. The van der Waals surface area contributed by atoms with E-state index in [0.29, 0.717) is 35.4 Å². The van der Waals surface area contributed by atoms with E-state index in [9.17, 15) is 9.59 Å². The first kappa shape index (κ1) is 17.3. The monoisotopic (exact) mass is 367 g/mol. The van der Waals surface area contributed by atoms with Crippen LogP contribution in [-0.4, -0.2) is 50.3 Å². The van der Waals surface area contributed by atoms with Gasteiger partial charge in [-0.25, -0.2) is 4.98 Å². The van der Waals surface area contributed by atoms with E-state index >= 15 is 0 Å². The van der Waals surface area contributed by atoms with Crippen molar-refractivity contribution in [1.29, 1.82) is 0 Å². The molecule has 0 N–H and O–H groups in total. The molecule has 0 bridgehead atoms. The number of benzene rings is 1. The molecule has 0 radical (unpaired) electrons. The molecule has 1 atom stereocenters. The number of ether oxygens (including phenoxy) is 1. The van der Waals surface area contributed by atoms with Crippen LogP contribution in [0.4, 0.5) is 0 Å². The van der Waals surface area contributed by atoms with E-state index in [2.05, 4.69) is 10.1 Å². The van der Waals surface area contributed by atoms with Crippen molar-refractivity contribution < 1.29 is 9.53 Å². The SMILES string of the molecule is COc1nn(C)cc1C(=O)N1CCCC(n2cnc3ccccc3c2=O)C1. The number of para-hydroxylation sites is 1. The highest BCUT2D eigenvalue weighted by Gasteiger charge is 2.29. The van der Waals surface area contributed by atoms with Crippen molar-refractivity contribution in [3.8, 4) is 5.88 Å². The normalized spacial score (nSPS) is 17.3. The van der Waals surface area contributed by atoms with Gasteiger partial charge in [0.25, 0.3) is 11.5 Å². The fourth-order valence-electron chi connectivity index (χ4n) is 3.65. The highest BCUT2D eigenvalue weighted by molar-refractivity contribution is 5.96. The molecule has 1 fully saturated rings. The maximum atomic E-state index is 13.0. The summed E-state index contributed by atoms with van der Waals surface area (Å²) < 4.78 is 8.43. The van der Waals surface area contributed by atoms with Gasteiger partial charge >= 0.3 is 0 Å². The van der Waals surface area contributed by atoms with Crippen molar-refractivity contribution in [1.82, 2.24) is 24.2 Å². The first-order chi connectivity index (χ1) is 13.1. The van der Waals surface area contributed by atoms with Crippen LogP contribution in [0, 0.1) is 0 Å². The number of likely N-dealkylation sites (tertiary alicyclic amines) is 1. The minimum absolute atomic E-state index is 0.0705. The van der Waals surface area contributed by atoms with Gasteiger partial charge in [0.2, 0.25) is 5.88 Å². The maximum Gasteiger partial charge on any atom is 0.261 e. The zero-order chi connectivity index (χ0) is 19.0. The summed E-state index contributed by atoms with van der Waals surface area (Å²) in [6, 6.07) is 7.21. The largest absolute Gasteiger partial charge is 0.479 e. The molecule has 3 aromatic rings. The Bertz CT molecular complexity index is 1050. The van der Waals surface area contributed by atoms with E-state index in [0.717, 1.165) is 12.8 Å². The van der Waals surface area contributed by atoms with Crippen LogP contribution in [0.1, 0.15) is 29.2 Å². The summed E-state index contributed by atoms with van der Waals surface area (Å²) in [6.07, 6.45) is 4.90. The highest BCUT2D eigenvalue weighted by atomic mass is 16.5. The van der Waals surface area contributed by atoms with Gasteiger partial charge in [0.15, 0.2) is 0 Å². The van der Waals surface area contributed by atoms with Crippen molar-refractivity contribution in [3.05, 3.63) is 52.7 Å². The van der Waals surface area contributed by atoms with Gasteiger partial charge in [-0.15, -0.1) is 5.10 Å². The molecule has 3 heterocycles. The van der Waals surface area contributed by atoms with Crippen LogP contribution >= 0.6 is 0 Å². The standard InChI is InChI=1S/C19H21N5O3/c1-22-11-15(17(21-22)27-2)18(25)23-9-5-6-13(10-23)24-12-20-16-8-4-3-7-14(16)19(24)26/h3-4,7-8,11-13H,5-6,9-10H2,1-2H3. The number of rotatable bonds is 3. The summed E-state index contributed by atoms with van der Waals surface area (Å²) in [5.74, 6) is 0.181. The van der Waals surface area contributed by atoms with Crippen molar-refractivity contribution in [2.75, 3.05) is 20.2 Å². The maximum absolute atomic E-state index is 13.0. The number of aromatic nitrogens is 4. The lowest BCUT2D eigenvalue weighted by molar-refractivity contribution is 0.0674. The van der Waals surface area contributed by atoms with Crippen LogP contribution in [-0.2, 0) is 7.05 Å². The molecule has 0 aliphatic carbocycles. The van der Waals surface area contributed by atoms with Crippen molar-refractivity contribution >= 4 is 16.8 Å². The summed E-state index contributed by atoms with van der Waals surface area (Å²) in [5.41, 5.74) is 1.05. The number of aryl methyl sites for hydroxylation is 1. The Morgan fingerprint density at radius 1 is 1.30 bits per heavy atom. The molecule has 27 heavy (non-hydrogen) atoms. The molecular formula is C19H21N5O3. The number of carbonyl (C=O) groups excluding carboxylic acids is 1. The second kappa shape index (κ2) is 6.86. The van der Waals surface area contributed by atoms with Crippen LogP contribution < -0.4 is 10.3 Å². The third-order valence-corrected chi connectivity index (χ3v) is 4.99. The number of amides is 1. The first-order valence-corrected chi connectivity index (χ1v) is 8.91. The fraction of sp³-hybridized carbons (Fsp3) is 0.368. The summed E-state index contributed by atoms with van der Waals surface area (Å²) in [4.78, 5) is 32.0. The number of hydrogen-bond acceptors (Lipinski definition) is 5. The first-order valence-electron chi connectivity index (χ1n) is 8.91. The van der Waals surface area contributed by atoms with Gasteiger partial charge in [-0.3, -0.25) is 18.8 Å². The van der Waals surface area contributed by atoms with Crippen molar-refractivity contribution in [3.63, 3.8) is 0 Å². The van der Waals surface area contributed by atoms with Gasteiger partial charge in [-0.2, -0.15) is 0 Å². The average Bonchev–Trinajstić information content (AvgIpc) is 3.09. The van der Waals surface area contributed by atoms with E-state index in [1.54, 1.807) is 39.8 Å². The molecule has 4 rings (SSSR count). The quantitative estimate of drug-likeness (QED) is 0.702. The Hall–Kier alpha value is -3.16. The molecule has 1 aromatic carbocycles. The second-order valence-electron chi connectivity index (χ2n) is 6.75. The lowest BCUT2D eigenvalue weighted by atomic mass is 10.0. The minimum atomic E-state index is -0.133. The molecule has 1 saturated heterocycles. The third-order valence-electron chi connectivity index (χ3n) is 4.99. The van der Waals surface area contributed by atoms with Crippen LogP contribution in [0.2, 0.25) is 0 Å². The minimum Gasteiger partial charge on any atom is -0.479 e. The smallest absolute Gasteiger partial charge is 0.261 e. The molecule has 8 heteroatoms. The molecule has 8 nitrogen and oxygen atoms in total. The number of fused-ring (bicyclic) bond motifs is 1. The predicted molar refractivity (Wildman–Crippen MR) is 99.9 cm³/mol. The van der Waals surface area contributed by atoms with Crippen molar-refractivity contribution in [2.45, 2.75) is 18.9 Å². The summed E-state index contributed by atoms with van der Waals surface area (Å²) in [7, 11) is 3.25. The molecule has 1 amide bonds. The van der Waals surface area contributed by atoms with Gasteiger partial charge in [0, 0.05) is 26.3 Å². The van der Waals surface area contributed by atoms with E-state index < -0.39 is 0 Å². The Morgan fingerprint density at radius 2 is 2.11 bits per heavy atom. The van der Waals surface area contributed by atoms with Gasteiger partial charge in [0.05, 0.1) is 30.4 Å². The van der Waals surface area contributed by atoms with E-state index in [-0.39, 0.29) is 17.5 Å². The molecule has 1 unspecified atom stereocenters. The molecule has 0 spiro atoms. The molecule has 140 valence electrons. The molecule has 2 aromatic heterocycles. The summed E-state index contributed by atoms with van der Waals surface area (Å²) in [6.45, 7) is 1.10. The Kier molecular flexibility index (Phi) is 4.39. The predicted octanol–water partition coefficient (Wildman–Crippen LogP) is 1.62. The van der Waals surface area contributed by atoms with Gasteiger partial charge in [-0.1, -0.05) is 12.1 Å². The Morgan fingerprint density at radius 3 is 2.93 bits per heavy atom.